The molecule has 5 nitrogen and oxygen atoms in total. The number of aromatic nitrogens is 2. The van der Waals surface area contributed by atoms with Gasteiger partial charge in [-0.3, -0.25) is 0 Å². The van der Waals surface area contributed by atoms with Gasteiger partial charge in [0.05, 0.1) is 17.9 Å². The number of carbonyl (C=O) groups excluding carboxylic acids is 1. The van der Waals surface area contributed by atoms with E-state index >= 15 is 0 Å². The van der Waals surface area contributed by atoms with Crippen molar-refractivity contribution < 1.29 is 4.79 Å². The van der Waals surface area contributed by atoms with E-state index in [4.69, 9.17) is 5.10 Å². The van der Waals surface area contributed by atoms with Crippen LogP contribution in [0, 0.1) is 0 Å². The first kappa shape index (κ1) is 19.5. The van der Waals surface area contributed by atoms with Gasteiger partial charge in [0.2, 0.25) is 0 Å². The third-order valence-electron chi connectivity index (χ3n) is 4.90. The Morgan fingerprint density at radius 1 is 0.900 bits per heavy atom. The van der Waals surface area contributed by atoms with E-state index in [1.807, 2.05) is 102 Å². The zero-order chi connectivity index (χ0) is 20.8. The van der Waals surface area contributed by atoms with Gasteiger partial charge in [0.15, 0.2) is 0 Å². The van der Waals surface area contributed by atoms with Gasteiger partial charge in [0.25, 0.3) is 0 Å². The molecule has 2 amide bonds. The SMILES string of the molecule is CN(Cc1cn(-c2ccccc2)nc1-c1ccccc1)C(=O)NCc1ccccc1. The number of urea groups is 1. The van der Waals surface area contributed by atoms with Crippen molar-refractivity contribution in [3.8, 4) is 16.9 Å². The van der Waals surface area contributed by atoms with Gasteiger partial charge in [-0.05, 0) is 17.7 Å². The molecule has 30 heavy (non-hydrogen) atoms. The van der Waals surface area contributed by atoms with Gasteiger partial charge in [-0.1, -0.05) is 78.9 Å². The highest BCUT2D eigenvalue weighted by atomic mass is 16.2. The third kappa shape index (κ3) is 4.58. The summed E-state index contributed by atoms with van der Waals surface area (Å²) in [5.41, 5.74) is 4.95. The van der Waals surface area contributed by atoms with E-state index in [0.29, 0.717) is 13.1 Å². The third-order valence-corrected chi connectivity index (χ3v) is 4.90. The lowest BCUT2D eigenvalue weighted by Crippen LogP contribution is -2.36. The second-order valence-corrected chi connectivity index (χ2v) is 7.15. The van der Waals surface area contributed by atoms with E-state index in [2.05, 4.69) is 5.32 Å². The minimum atomic E-state index is -0.120. The van der Waals surface area contributed by atoms with Crippen LogP contribution in [-0.4, -0.2) is 27.8 Å². The number of amides is 2. The lowest BCUT2D eigenvalue weighted by atomic mass is 10.1. The van der Waals surface area contributed by atoms with Crippen molar-refractivity contribution in [2.24, 2.45) is 0 Å². The Balaban J connectivity index is 1.54. The molecule has 3 aromatic carbocycles. The van der Waals surface area contributed by atoms with Crippen LogP contribution in [-0.2, 0) is 13.1 Å². The summed E-state index contributed by atoms with van der Waals surface area (Å²) in [7, 11) is 1.80. The number of carbonyl (C=O) groups is 1. The smallest absolute Gasteiger partial charge is 0.317 e. The van der Waals surface area contributed by atoms with Crippen molar-refractivity contribution >= 4 is 6.03 Å². The summed E-state index contributed by atoms with van der Waals surface area (Å²) in [5.74, 6) is 0. The first-order chi connectivity index (χ1) is 14.7. The Morgan fingerprint density at radius 3 is 2.17 bits per heavy atom. The minimum absolute atomic E-state index is 0.120. The average Bonchev–Trinajstić information content (AvgIpc) is 3.23. The largest absolute Gasteiger partial charge is 0.334 e. The highest BCUT2D eigenvalue weighted by Gasteiger charge is 2.16. The molecule has 0 aliphatic heterocycles. The van der Waals surface area contributed by atoms with Crippen molar-refractivity contribution in [3.05, 3.63) is 108 Å². The summed E-state index contributed by atoms with van der Waals surface area (Å²) in [6.45, 7) is 0.955. The lowest BCUT2D eigenvalue weighted by molar-refractivity contribution is 0.206. The molecule has 150 valence electrons. The number of nitrogens with one attached hydrogen (secondary N) is 1. The molecule has 1 heterocycles. The minimum Gasteiger partial charge on any atom is -0.334 e. The van der Waals surface area contributed by atoms with Gasteiger partial charge < -0.3 is 10.2 Å². The molecule has 0 aliphatic carbocycles. The standard InChI is InChI=1S/C25H24N4O/c1-28(25(30)26-17-20-11-5-2-6-12-20)18-22-19-29(23-15-9-4-10-16-23)27-24(22)21-13-7-3-8-14-21/h2-16,19H,17-18H2,1H3,(H,26,30). The molecule has 1 aromatic heterocycles. The summed E-state index contributed by atoms with van der Waals surface area (Å²) >= 11 is 0. The molecule has 4 rings (SSSR count). The van der Waals surface area contributed by atoms with Crippen molar-refractivity contribution in [1.82, 2.24) is 20.0 Å². The van der Waals surface area contributed by atoms with Crippen LogP contribution in [0.1, 0.15) is 11.1 Å². The van der Waals surface area contributed by atoms with Crippen molar-refractivity contribution in [3.63, 3.8) is 0 Å². The Morgan fingerprint density at radius 2 is 1.50 bits per heavy atom. The number of nitrogens with zero attached hydrogens (tertiary/aromatic N) is 3. The van der Waals surface area contributed by atoms with Crippen molar-refractivity contribution in [2.75, 3.05) is 7.05 Å². The fourth-order valence-electron chi connectivity index (χ4n) is 3.31. The van der Waals surface area contributed by atoms with Crippen molar-refractivity contribution in [1.29, 1.82) is 0 Å². The molecular weight excluding hydrogens is 372 g/mol. The zero-order valence-electron chi connectivity index (χ0n) is 16.9. The second-order valence-electron chi connectivity index (χ2n) is 7.15. The molecule has 5 heteroatoms. The highest BCUT2D eigenvalue weighted by molar-refractivity contribution is 5.74. The van der Waals surface area contributed by atoms with E-state index in [9.17, 15) is 4.79 Å². The second kappa shape index (κ2) is 9.09. The Labute approximate surface area is 176 Å². The number of rotatable bonds is 6. The van der Waals surface area contributed by atoms with Gasteiger partial charge in [-0.15, -0.1) is 0 Å². The summed E-state index contributed by atoms with van der Waals surface area (Å²) < 4.78 is 1.87. The van der Waals surface area contributed by atoms with Gasteiger partial charge in [0.1, 0.15) is 0 Å². The van der Waals surface area contributed by atoms with Crippen LogP contribution in [0.2, 0.25) is 0 Å². The molecule has 0 radical (unpaired) electrons. The Bertz CT molecular complexity index is 1090. The number of para-hydroxylation sites is 1. The van der Waals surface area contributed by atoms with Gasteiger partial charge >= 0.3 is 6.03 Å². The van der Waals surface area contributed by atoms with E-state index in [1.54, 1.807) is 11.9 Å². The summed E-state index contributed by atoms with van der Waals surface area (Å²) in [6.07, 6.45) is 2.00. The molecule has 0 saturated carbocycles. The fraction of sp³-hybridized carbons (Fsp3) is 0.120. The van der Waals surface area contributed by atoms with Gasteiger partial charge in [-0.2, -0.15) is 5.10 Å². The predicted octanol–water partition coefficient (Wildman–Crippen LogP) is 4.88. The van der Waals surface area contributed by atoms with Crippen LogP contribution in [0.25, 0.3) is 16.9 Å². The van der Waals surface area contributed by atoms with Crippen LogP contribution in [0.15, 0.2) is 97.2 Å². The van der Waals surface area contributed by atoms with Crippen molar-refractivity contribution in [2.45, 2.75) is 13.1 Å². The van der Waals surface area contributed by atoms with E-state index < -0.39 is 0 Å². The topological polar surface area (TPSA) is 50.2 Å². The summed E-state index contributed by atoms with van der Waals surface area (Å²) in [4.78, 5) is 14.3. The van der Waals surface area contributed by atoms with Gasteiger partial charge in [0, 0.05) is 30.9 Å². The van der Waals surface area contributed by atoms with E-state index in [0.717, 1.165) is 28.1 Å². The average molecular weight is 396 g/mol. The molecule has 0 saturated heterocycles. The quantitative estimate of drug-likeness (QED) is 0.505. The van der Waals surface area contributed by atoms with E-state index in [1.165, 1.54) is 0 Å². The predicted molar refractivity (Wildman–Crippen MR) is 119 cm³/mol. The van der Waals surface area contributed by atoms with Gasteiger partial charge in [-0.25, -0.2) is 9.48 Å². The Hall–Kier alpha value is -3.86. The van der Waals surface area contributed by atoms with Crippen LogP contribution in [0.3, 0.4) is 0 Å². The molecule has 0 atom stereocenters. The Kier molecular flexibility index (Phi) is 5.90. The first-order valence-corrected chi connectivity index (χ1v) is 9.93. The molecule has 1 N–H and O–H groups in total. The first-order valence-electron chi connectivity index (χ1n) is 9.93. The highest BCUT2D eigenvalue weighted by Crippen LogP contribution is 2.24. The molecule has 0 spiro atoms. The molecule has 0 unspecified atom stereocenters. The number of benzene rings is 3. The normalized spacial score (nSPS) is 10.6. The maximum absolute atomic E-state index is 12.6. The number of hydrogen-bond donors (Lipinski definition) is 1. The van der Waals surface area contributed by atoms with Crippen LogP contribution in [0.4, 0.5) is 4.79 Å². The van der Waals surface area contributed by atoms with E-state index in [-0.39, 0.29) is 6.03 Å². The maximum atomic E-state index is 12.6. The lowest BCUT2D eigenvalue weighted by Gasteiger charge is -2.18. The summed E-state index contributed by atoms with van der Waals surface area (Å²) in [5, 5.41) is 7.79. The zero-order valence-corrected chi connectivity index (χ0v) is 16.9. The van der Waals surface area contributed by atoms with Crippen LogP contribution in [0.5, 0.6) is 0 Å². The molecule has 0 fully saturated rings. The fourth-order valence-corrected chi connectivity index (χ4v) is 3.31. The molecule has 4 aromatic rings. The molecule has 0 aliphatic rings. The maximum Gasteiger partial charge on any atom is 0.317 e. The van der Waals surface area contributed by atoms with Crippen LogP contribution < -0.4 is 5.32 Å². The molecule has 0 bridgehead atoms. The molecular formula is C25H24N4O. The summed E-state index contributed by atoms with van der Waals surface area (Å²) in [6, 6.07) is 29.8. The van der Waals surface area contributed by atoms with Crippen LogP contribution >= 0.6 is 0 Å². The monoisotopic (exact) mass is 396 g/mol. The number of hydrogen-bond acceptors (Lipinski definition) is 2.